The summed E-state index contributed by atoms with van der Waals surface area (Å²) in [6.45, 7) is 2.09. The molecule has 1 aliphatic rings. The summed E-state index contributed by atoms with van der Waals surface area (Å²) in [5, 5.41) is 0.839. The molecule has 1 N–H and O–H groups in total. The van der Waals surface area contributed by atoms with Crippen LogP contribution in [0.4, 0.5) is 5.82 Å². The van der Waals surface area contributed by atoms with Gasteiger partial charge in [-0.1, -0.05) is 0 Å². The molecule has 20 heavy (non-hydrogen) atoms. The maximum Gasteiger partial charge on any atom is 0.267 e. The second kappa shape index (κ2) is 4.89. The molecule has 0 saturated heterocycles. The van der Waals surface area contributed by atoms with Crippen molar-refractivity contribution in [1.82, 2.24) is 4.98 Å². The molecule has 0 spiro atoms. The Morgan fingerprint density at radius 1 is 1.50 bits per heavy atom. The lowest BCUT2D eigenvalue weighted by Gasteiger charge is -2.18. The third kappa shape index (κ3) is 1.96. The van der Waals surface area contributed by atoms with E-state index in [4.69, 9.17) is 4.74 Å². The molecule has 0 aromatic carbocycles. The lowest BCUT2D eigenvalue weighted by Crippen LogP contribution is -2.27. The summed E-state index contributed by atoms with van der Waals surface area (Å²) in [5.74, 6) is 1.19. The van der Waals surface area contributed by atoms with Gasteiger partial charge in [-0.3, -0.25) is 9.59 Å². The zero-order valence-corrected chi connectivity index (χ0v) is 13.5. The Labute approximate surface area is 127 Å². The largest absolute Gasteiger partial charge is 0.491 e. The third-order valence-corrected chi connectivity index (χ3v) is 5.28. The molecule has 7 heteroatoms. The maximum atomic E-state index is 12.2. The van der Waals surface area contributed by atoms with Crippen LogP contribution in [-0.2, 0) is 11.2 Å². The summed E-state index contributed by atoms with van der Waals surface area (Å²) in [6.07, 6.45) is 1.63. The molecule has 5 nitrogen and oxygen atoms in total. The van der Waals surface area contributed by atoms with Crippen molar-refractivity contribution < 1.29 is 9.53 Å². The number of ether oxygens (including phenoxy) is 1. The Hall–Kier alpha value is -1.34. The van der Waals surface area contributed by atoms with Crippen molar-refractivity contribution in [2.45, 2.75) is 19.8 Å². The molecule has 106 valence electrons. The number of aromatic amines is 1. The Kier molecular flexibility index (Phi) is 3.33. The average Bonchev–Trinajstić information content (AvgIpc) is 2.61. The number of pyridine rings is 1. The molecular formula is C13H13BrN2O3S. The van der Waals surface area contributed by atoms with Crippen molar-refractivity contribution in [3.63, 3.8) is 0 Å². The first-order valence-corrected chi connectivity index (χ1v) is 7.86. The van der Waals surface area contributed by atoms with E-state index in [1.54, 1.807) is 7.05 Å². The number of aryl methyl sites for hydroxylation is 1. The SMILES string of the molecule is CC(=O)N(C)c1[nH]c(=O)c2sc(Br)c3c2c1CCCO3. The molecular weight excluding hydrogens is 344 g/mol. The highest BCUT2D eigenvalue weighted by Gasteiger charge is 2.25. The van der Waals surface area contributed by atoms with Crippen molar-refractivity contribution in [1.29, 1.82) is 0 Å². The Morgan fingerprint density at radius 2 is 2.25 bits per heavy atom. The van der Waals surface area contributed by atoms with Crippen LogP contribution in [-0.4, -0.2) is 24.5 Å². The van der Waals surface area contributed by atoms with Gasteiger partial charge in [0.15, 0.2) is 5.75 Å². The number of carbonyl (C=O) groups is 1. The topological polar surface area (TPSA) is 62.4 Å². The minimum Gasteiger partial charge on any atom is -0.491 e. The molecule has 3 heterocycles. The third-order valence-electron chi connectivity index (χ3n) is 3.48. The smallest absolute Gasteiger partial charge is 0.267 e. The van der Waals surface area contributed by atoms with E-state index < -0.39 is 0 Å². The van der Waals surface area contributed by atoms with Gasteiger partial charge in [0, 0.05) is 24.9 Å². The maximum absolute atomic E-state index is 12.2. The zero-order valence-electron chi connectivity index (χ0n) is 11.1. The summed E-state index contributed by atoms with van der Waals surface area (Å²) in [5.41, 5.74) is 0.793. The van der Waals surface area contributed by atoms with Gasteiger partial charge >= 0.3 is 0 Å². The van der Waals surface area contributed by atoms with Crippen LogP contribution < -0.4 is 15.2 Å². The molecule has 0 atom stereocenters. The number of nitrogens with one attached hydrogen (secondary N) is 1. The molecule has 1 amide bonds. The van der Waals surface area contributed by atoms with Crippen molar-refractivity contribution in [3.8, 4) is 5.75 Å². The molecule has 0 bridgehead atoms. The molecule has 0 saturated carbocycles. The van der Waals surface area contributed by atoms with E-state index in [2.05, 4.69) is 20.9 Å². The molecule has 2 aromatic rings. The van der Waals surface area contributed by atoms with Crippen LogP contribution in [0.1, 0.15) is 18.9 Å². The minimum atomic E-state index is -0.186. The van der Waals surface area contributed by atoms with Gasteiger partial charge in [0.2, 0.25) is 5.91 Å². The van der Waals surface area contributed by atoms with E-state index in [0.717, 1.165) is 33.3 Å². The summed E-state index contributed by atoms with van der Waals surface area (Å²) in [4.78, 5) is 28.2. The number of H-pyrrole nitrogens is 1. The average molecular weight is 357 g/mol. The summed E-state index contributed by atoms with van der Waals surface area (Å²) < 4.78 is 7.21. The number of aromatic nitrogens is 1. The summed E-state index contributed by atoms with van der Waals surface area (Å²) in [6, 6.07) is 0. The van der Waals surface area contributed by atoms with Crippen LogP contribution in [0, 0.1) is 0 Å². The van der Waals surface area contributed by atoms with Crippen LogP contribution >= 0.6 is 27.3 Å². The first kappa shape index (κ1) is 13.6. The number of nitrogens with zero attached hydrogens (tertiary/aromatic N) is 1. The summed E-state index contributed by atoms with van der Waals surface area (Å²) in [7, 11) is 1.67. The normalized spacial score (nSPS) is 13.9. The highest BCUT2D eigenvalue weighted by molar-refractivity contribution is 9.11. The Bertz CT molecular complexity index is 765. The van der Waals surface area contributed by atoms with E-state index in [0.29, 0.717) is 17.1 Å². The molecule has 0 radical (unpaired) electrons. The van der Waals surface area contributed by atoms with Crippen molar-refractivity contribution in [2.75, 3.05) is 18.6 Å². The van der Waals surface area contributed by atoms with Crippen molar-refractivity contribution >= 4 is 49.1 Å². The molecule has 0 aliphatic carbocycles. The van der Waals surface area contributed by atoms with Gasteiger partial charge in [0.25, 0.3) is 5.56 Å². The lowest BCUT2D eigenvalue weighted by atomic mass is 10.1. The van der Waals surface area contributed by atoms with E-state index in [9.17, 15) is 9.59 Å². The van der Waals surface area contributed by atoms with Crippen LogP contribution in [0.3, 0.4) is 0 Å². The van der Waals surface area contributed by atoms with Gasteiger partial charge in [0.05, 0.1) is 6.61 Å². The zero-order chi connectivity index (χ0) is 14.4. The second-order valence-corrected chi connectivity index (χ2v) is 7.06. The first-order chi connectivity index (χ1) is 9.50. The van der Waals surface area contributed by atoms with Gasteiger partial charge in [-0.2, -0.15) is 0 Å². The van der Waals surface area contributed by atoms with Crippen LogP contribution in [0.25, 0.3) is 10.1 Å². The quantitative estimate of drug-likeness (QED) is 0.854. The highest BCUT2D eigenvalue weighted by Crippen LogP contribution is 2.45. The molecule has 1 aliphatic heterocycles. The fraction of sp³-hybridized carbons (Fsp3) is 0.385. The molecule has 2 aromatic heterocycles. The molecule has 0 fully saturated rings. The molecule has 0 unspecified atom stereocenters. The van der Waals surface area contributed by atoms with Gasteiger partial charge in [0.1, 0.15) is 14.3 Å². The Morgan fingerprint density at radius 3 is 2.95 bits per heavy atom. The number of halogens is 1. The standard InChI is InChI=1S/C13H13BrN2O3S/c1-6(17)16(2)12-7-4-3-5-19-9-8(7)10(13(18)15-12)20-11(9)14/h3-5H2,1-2H3,(H,15,18). The van der Waals surface area contributed by atoms with Gasteiger partial charge in [-0.25, -0.2) is 0 Å². The first-order valence-electron chi connectivity index (χ1n) is 6.25. The predicted molar refractivity (Wildman–Crippen MR) is 83.0 cm³/mol. The Balaban J connectivity index is 2.40. The number of rotatable bonds is 1. The number of amides is 1. The second-order valence-electron chi connectivity index (χ2n) is 4.72. The highest BCUT2D eigenvalue weighted by atomic mass is 79.9. The van der Waals surface area contributed by atoms with Crippen LogP contribution in [0.15, 0.2) is 8.58 Å². The van der Waals surface area contributed by atoms with Crippen LogP contribution in [0.2, 0.25) is 0 Å². The number of thiophene rings is 1. The van der Waals surface area contributed by atoms with Gasteiger partial charge in [-0.15, -0.1) is 11.3 Å². The summed E-state index contributed by atoms with van der Waals surface area (Å²) >= 11 is 4.82. The monoisotopic (exact) mass is 356 g/mol. The number of hydrogen-bond acceptors (Lipinski definition) is 4. The van der Waals surface area contributed by atoms with E-state index in [-0.39, 0.29) is 11.5 Å². The van der Waals surface area contributed by atoms with E-state index in [1.165, 1.54) is 23.2 Å². The van der Waals surface area contributed by atoms with E-state index >= 15 is 0 Å². The lowest BCUT2D eigenvalue weighted by molar-refractivity contribution is -0.116. The molecule has 3 rings (SSSR count). The number of hydrogen-bond donors (Lipinski definition) is 1. The van der Waals surface area contributed by atoms with Gasteiger partial charge < -0.3 is 14.6 Å². The number of carbonyl (C=O) groups excluding carboxylic acids is 1. The fourth-order valence-corrected chi connectivity index (χ4v) is 4.11. The van der Waals surface area contributed by atoms with Crippen LogP contribution in [0.5, 0.6) is 5.75 Å². The fourth-order valence-electron chi connectivity index (χ4n) is 2.42. The van der Waals surface area contributed by atoms with Gasteiger partial charge in [-0.05, 0) is 28.8 Å². The minimum absolute atomic E-state index is 0.114. The van der Waals surface area contributed by atoms with E-state index in [1.807, 2.05) is 0 Å². The van der Waals surface area contributed by atoms with Crippen molar-refractivity contribution in [2.24, 2.45) is 0 Å². The van der Waals surface area contributed by atoms with Crippen molar-refractivity contribution in [3.05, 3.63) is 19.7 Å². The predicted octanol–water partition coefficient (Wildman–Crippen LogP) is 2.66. The number of anilines is 1.